The van der Waals surface area contributed by atoms with Gasteiger partial charge in [-0.25, -0.2) is 5.84 Å². The molecule has 2 heterocycles. The van der Waals surface area contributed by atoms with E-state index in [0.717, 1.165) is 16.7 Å². The SMILES string of the molecule is COc1cccc2c1[nH]c1nc(NN)nnc12. The van der Waals surface area contributed by atoms with E-state index in [1.165, 1.54) is 0 Å². The van der Waals surface area contributed by atoms with Crippen LogP contribution >= 0.6 is 0 Å². The van der Waals surface area contributed by atoms with Crippen molar-refractivity contribution in [3.63, 3.8) is 0 Å². The number of hydrazine groups is 1. The second-order valence-electron chi connectivity index (χ2n) is 3.48. The lowest BCUT2D eigenvalue weighted by atomic mass is 10.2. The van der Waals surface area contributed by atoms with E-state index in [1.807, 2.05) is 18.2 Å². The number of nitrogen functional groups attached to an aromatic ring is 1. The van der Waals surface area contributed by atoms with Crippen molar-refractivity contribution in [2.75, 3.05) is 12.5 Å². The summed E-state index contributed by atoms with van der Waals surface area (Å²) in [6.45, 7) is 0. The lowest BCUT2D eigenvalue weighted by Crippen LogP contribution is -2.10. The molecule has 0 bridgehead atoms. The van der Waals surface area contributed by atoms with Crippen LogP contribution in [0.25, 0.3) is 22.1 Å². The molecule has 2 aromatic heterocycles. The molecule has 17 heavy (non-hydrogen) atoms. The minimum absolute atomic E-state index is 0.267. The van der Waals surface area contributed by atoms with E-state index in [1.54, 1.807) is 7.11 Å². The van der Waals surface area contributed by atoms with Gasteiger partial charge < -0.3 is 9.72 Å². The number of aromatic amines is 1. The number of hydrogen-bond donors (Lipinski definition) is 3. The van der Waals surface area contributed by atoms with Gasteiger partial charge in [-0.05, 0) is 6.07 Å². The Hall–Kier alpha value is -2.41. The van der Waals surface area contributed by atoms with Gasteiger partial charge in [0.1, 0.15) is 11.3 Å². The monoisotopic (exact) mass is 230 g/mol. The van der Waals surface area contributed by atoms with Gasteiger partial charge in [0.05, 0.1) is 12.6 Å². The molecule has 0 saturated heterocycles. The Morgan fingerprint density at radius 1 is 1.35 bits per heavy atom. The average Bonchev–Trinajstić information content (AvgIpc) is 2.75. The third-order valence-electron chi connectivity index (χ3n) is 2.56. The van der Waals surface area contributed by atoms with Crippen LogP contribution in [0.15, 0.2) is 18.2 Å². The number of benzene rings is 1. The Morgan fingerprint density at radius 3 is 3.00 bits per heavy atom. The van der Waals surface area contributed by atoms with E-state index >= 15 is 0 Å². The van der Waals surface area contributed by atoms with Crippen LogP contribution in [0.1, 0.15) is 0 Å². The largest absolute Gasteiger partial charge is 0.495 e. The van der Waals surface area contributed by atoms with Crippen molar-refractivity contribution in [3.8, 4) is 5.75 Å². The summed E-state index contributed by atoms with van der Waals surface area (Å²) in [5.74, 6) is 6.24. The molecule has 0 spiro atoms. The van der Waals surface area contributed by atoms with E-state index in [9.17, 15) is 0 Å². The van der Waals surface area contributed by atoms with Gasteiger partial charge in [0, 0.05) is 5.39 Å². The quantitative estimate of drug-likeness (QED) is 0.444. The summed E-state index contributed by atoms with van der Waals surface area (Å²) in [4.78, 5) is 7.32. The molecule has 0 atom stereocenters. The van der Waals surface area contributed by atoms with Crippen molar-refractivity contribution in [1.82, 2.24) is 20.2 Å². The summed E-state index contributed by atoms with van der Waals surface area (Å²) >= 11 is 0. The maximum Gasteiger partial charge on any atom is 0.258 e. The molecule has 0 aliphatic heterocycles. The van der Waals surface area contributed by atoms with E-state index in [-0.39, 0.29) is 5.95 Å². The zero-order valence-corrected chi connectivity index (χ0v) is 9.06. The molecule has 3 rings (SSSR count). The number of fused-ring (bicyclic) bond motifs is 3. The third kappa shape index (κ3) is 1.36. The molecular formula is C10H10N6O. The first-order valence-electron chi connectivity index (χ1n) is 4.99. The first-order valence-corrected chi connectivity index (χ1v) is 4.99. The molecule has 0 radical (unpaired) electrons. The third-order valence-corrected chi connectivity index (χ3v) is 2.56. The standard InChI is InChI=1S/C10H10N6O/c1-17-6-4-2-3-5-7(6)12-9-8(5)15-16-10(13-9)14-11/h2-4H,11H2,1H3,(H2,12,13,14,16). The maximum atomic E-state index is 5.27. The van der Waals surface area contributed by atoms with E-state index < -0.39 is 0 Å². The van der Waals surface area contributed by atoms with Crippen molar-refractivity contribution in [2.24, 2.45) is 5.84 Å². The second kappa shape index (κ2) is 3.56. The number of H-pyrrole nitrogens is 1. The number of aromatic nitrogens is 4. The summed E-state index contributed by atoms with van der Waals surface area (Å²) in [6.07, 6.45) is 0. The van der Waals surface area contributed by atoms with Crippen LogP contribution in [-0.2, 0) is 0 Å². The Labute approximate surface area is 96.0 Å². The zero-order valence-electron chi connectivity index (χ0n) is 9.06. The molecule has 0 aliphatic rings. The number of ether oxygens (including phenoxy) is 1. The fourth-order valence-electron chi connectivity index (χ4n) is 1.80. The fourth-order valence-corrected chi connectivity index (χ4v) is 1.80. The molecule has 0 aliphatic carbocycles. The fraction of sp³-hybridized carbons (Fsp3) is 0.100. The van der Waals surface area contributed by atoms with Gasteiger partial charge in [0.15, 0.2) is 5.65 Å². The van der Waals surface area contributed by atoms with Crippen molar-refractivity contribution in [1.29, 1.82) is 0 Å². The number of para-hydroxylation sites is 1. The minimum atomic E-state index is 0.267. The molecule has 86 valence electrons. The molecule has 0 saturated carbocycles. The van der Waals surface area contributed by atoms with Gasteiger partial charge in [-0.3, -0.25) is 5.43 Å². The molecule has 0 fully saturated rings. The van der Waals surface area contributed by atoms with Gasteiger partial charge in [-0.1, -0.05) is 12.1 Å². The van der Waals surface area contributed by atoms with Crippen molar-refractivity contribution in [2.45, 2.75) is 0 Å². The Kier molecular flexibility index (Phi) is 2.05. The van der Waals surface area contributed by atoms with E-state index in [0.29, 0.717) is 11.2 Å². The van der Waals surface area contributed by atoms with Crippen LogP contribution in [0.3, 0.4) is 0 Å². The van der Waals surface area contributed by atoms with Crippen LogP contribution in [0.4, 0.5) is 5.95 Å². The van der Waals surface area contributed by atoms with Gasteiger partial charge >= 0.3 is 0 Å². The first-order chi connectivity index (χ1) is 8.33. The van der Waals surface area contributed by atoms with Gasteiger partial charge in [-0.2, -0.15) is 4.98 Å². The van der Waals surface area contributed by atoms with Gasteiger partial charge in [0.25, 0.3) is 5.95 Å². The number of nitrogens with one attached hydrogen (secondary N) is 2. The summed E-state index contributed by atoms with van der Waals surface area (Å²) in [5.41, 5.74) is 4.51. The highest BCUT2D eigenvalue weighted by molar-refractivity contribution is 6.05. The van der Waals surface area contributed by atoms with Crippen molar-refractivity contribution in [3.05, 3.63) is 18.2 Å². The smallest absolute Gasteiger partial charge is 0.258 e. The number of rotatable bonds is 2. The van der Waals surface area contributed by atoms with Crippen molar-refractivity contribution < 1.29 is 4.74 Å². The van der Waals surface area contributed by atoms with Crippen LogP contribution < -0.4 is 16.0 Å². The molecule has 7 nitrogen and oxygen atoms in total. The zero-order chi connectivity index (χ0) is 11.8. The Bertz CT molecular complexity index is 692. The highest BCUT2D eigenvalue weighted by Gasteiger charge is 2.11. The Morgan fingerprint density at radius 2 is 2.24 bits per heavy atom. The van der Waals surface area contributed by atoms with E-state index in [4.69, 9.17) is 10.6 Å². The van der Waals surface area contributed by atoms with Crippen LogP contribution in [-0.4, -0.2) is 27.3 Å². The lowest BCUT2D eigenvalue weighted by molar-refractivity contribution is 0.419. The van der Waals surface area contributed by atoms with Crippen molar-refractivity contribution >= 4 is 28.0 Å². The summed E-state index contributed by atoms with van der Waals surface area (Å²) in [5, 5.41) is 8.84. The van der Waals surface area contributed by atoms with Crippen LogP contribution in [0.2, 0.25) is 0 Å². The number of nitrogens with zero attached hydrogens (tertiary/aromatic N) is 3. The molecular weight excluding hydrogens is 220 g/mol. The maximum absolute atomic E-state index is 5.27. The summed E-state index contributed by atoms with van der Waals surface area (Å²) < 4.78 is 5.27. The lowest BCUT2D eigenvalue weighted by Gasteiger charge is -1.99. The topological polar surface area (TPSA) is 102 Å². The first kappa shape index (κ1) is 9.79. The molecule has 0 unspecified atom stereocenters. The molecule has 0 amide bonds. The average molecular weight is 230 g/mol. The van der Waals surface area contributed by atoms with Gasteiger partial charge in [0.2, 0.25) is 0 Å². The number of methoxy groups -OCH3 is 1. The molecule has 1 aromatic carbocycles. The summed E-state index contributed by atoms with van der Waals surface area (Å²) in [6, 6.07) is 5.70. The highest BCUT2D eigenvalue weighted by Crippen LogP contribution is 2.29. The summed E-state index contributed by atoms with van der Waals surface area (Å²) in [7, 11) is 1.62. The minimum Gasteiger partial charge on any atom is -0.495 e. The highest BCUT2D eigenvalue weighted by atomic mass is 16.5. The Balaban J connectivity index is 2.40. The molecule has 4 N–H and O–H groups in total. The second-order valence-corrected chi connectivity index (χ2v) is 3.48. The van der Waals surface area contributed by atoms with E-state index in [2.05, 4.69) is 25.6 Å². The molecule has 7 heteroatoms. The van der Waals surface area contributed by atoms with Crippen LogP contribution in [0, 0.1) is 0 Å². The van der Waals surface area contributed by atoms with Gasteiger partial charge in [-0.15, -0.1) is 10.2 Å². The number of hydrogen-bond acceptors (Lipinski definition) is 6. The predicted molar refractivity (Wildman–Crippen MR) is 63.6 cm³/mol. The number of anilines is 1. The normalized spacial score (nSPS) is 10.9. The number of nitrogens with two attached hydrogens (primary N) is 1. The molecule has 3 aromatic rings. The predicted octanol–water partition coefficient (Wildman–Crippen LogP) is 0.800. The van der Waals surface area contributed by atoms with Crippen LogP contribution in [0.5, 0.6) is 5.75 Å².